The molecule has 2 rings (SSSR count). The molecule has 2 aliphatic heterocycles. The summed E-state index contributed by atoms with van der Waals surface area (Å²) in [6.45, 7) is 5.98. The Morgan fingerprint density at radius 1 is 1.13 bits per heavy atom. The molecule has 2 heterocycles. The zero-order chi connectivity index (χ0) is 16.7. The average Bonchev–Trinajstić information content (AvgIpc) is 2.81. The van der Waals surface area contributed by atoms with Gasteiger partial charge in [-0.3, -0.25) is 9.69 Å². The van der Waals surface area contributed by atoms with Gasteiger partial charge in [-0.15, -0.1) is 0 Å². The van der Waals surface area contributed by atoms with Crippen molar-refractivity contribution in [2.45, 2.75) is 26.7 Å². The van der Waals surface area contributed by atoms with Crippen molar-refractivity contribution in [1.29, 1.82) is 0 Å². The highest BCUT2D eigenvalue weighted by atomic mass is 16.6. The zero-order valence-electron chi connectivity index (χ0n) is 13.7. The summed E-state index contributed by atoms with van der Waals surface area (Å²) < 4.78 is 10.1. The number of esters is 1. The fourth-order valence-electron chi connectivity index (χ4n) is 2.66. The number of carbonyl (C=O) groups is 2. The molecule has 1 saturated heterocycles. The molecule has 0 saturated carbocycles. The van der Waals surface area contributed by atoms with Gasteiger partial charge in [-0.25, -0.2) is 4.79 Å². The number of likely N-dealkylation sites (tertiary alicyclic amines) is 1. The molecule has 0 aromatic heterocycles. The van der Waals surface area contributed by atoms with Gasteiger partial charge in [-0.2, -0.15) is 0 Å². The van der Waals surface area contributed by atoms with Crippen LogP contribution in [0.2, 0.25) is 0 Å². The van der Waals surface area contributed by atoms with E-state index in [0.29, 0.717) is 13.2 Å². The molecule has 0 bridgehead atoms. The summed E-state index contributed by atoms with van der Waals surface area (Å²) in [5.74, 6) is -0.0981. The van der Waals surface area contributed by atoms with Crippen LogP contribution in [-0.4, -0.2) is 48.2 Å². The predicted octanol–water partition coefficient (Wildman–Crippen LogP) is 2.64. The van der Waals surface area contributed by atoms with Gasteiger partial charge in [0, 0.05) is 31.2 Å². The van der Waals surface area contributed by atoms with Gasteiger partial charge in [0.2, 0.25) is 0 Å². The normalized spacial score (nSPS) is 18.4. The quantitative estimate of drug-likeness (QED) is 0.745. The highest BCUT2D eigenvalue weighted by molar-refractivity contribution is 5.72. The van der Waals surface area contributed by atoms with E-state index in [9.17, 15) is 9.59 Å². The Hall–Kier alpha value is -2.24. The van der Waals surface area contributed by atoms with Gasteiger partial charge in [0.1, 0.15) is 0 Å². The van der Waals surface area contributed by atoms with E-state index in [1.165, 1.54) is 4.90 Å². The number of nitrogens with zero attached hydrogens (tertiary/aromatic N) is 2. The number of carbonyl (C=O) groups excluding carboxylic acids is 2. The van der Waals surface area contributed by atoms with Gasteiger partial charge in [-0.05, 0) is 44.9 Å². The largest absolute Gasteiger partial charge is 0.466 e. The summed E-state index contributed by atoms with van der Waals surface area (Å²) in [6, 6.07) is 0. The summed E-state index contributed by atoms with van der Waals surface area (Å²) in [7, 11) is 0. The van der Waals surface area contributed by atoms with Crippen LogP contribution in [0, 0.1) is 5.92 Å². The third-order valence-corrected chi connectivity index (χ3v) is 3.88. The Labute approximate surface area is 137 Å². The lowest BCUT2D eigenvalue weighted by Crippen LogP contribution is -2.36. The van der Waals surface area contributed by atoms with Crippen molar-refractivity contribution in [3.63, 3.8) is 0 Å². The van der Waals surface area contributed by atoms with E-state index in [4.69, 9.17) is 9.47 Å². The Balaban J connectivity index is 1.90. The van der Waals surface area contributed by atoms with Gasteiger partial charge in [0.25, 0.3) is 0 Å². The smallest absolute Gasteiger partial charge is 0.417 e. The summed E-state index contributed by atoms with van der Waals surface area (Å²) in [6.07, 6.45) is 10.2. The molecule has 2 aliphatic rings. The van der Waals surface area contributed by atoms with E-state index >= 15 is 0 Å². The first kappa shape index (κ1) is 17.1. The zero-order valence-corrected chi connectivity index (χ0v) is 13.7. The van der Waals surface area contributed by atoms with Crippen molar-refractivity contribution in [3.8, 4) is 0 Å². The number of ether oxygens (including phenoxy) is 2. The molecular formula is C17H24N2O4. The van der Waals surface area contributed by atoms with E-state index in [1.54, 1.807) is 19.3 Å². The van der Waals surface area contributed by atoms with Crippen molar-refractivity contribution in [2.24, 2.45) is 5.92 Å². The minimum atomic E-state index is -0.393. The van der Waals surface area contributed by atoms with E-state index in [-0.39, 0.29) is 11.9 Å². The lowest BCUT2D eigenvalue weighted by atomic mass is 9.96. The van der Waals surface area contributed by atoms with Gasteiger partial charge < -0.3 is 14.4 Å². The molecule has 0 aromatic rings. The second kappa shape index (κ2) is 8.41. The highest BCUT2D eigenvalue weighted by Crippen LogP contribution is 2.23. The number of piperidine rings is 1. The summed E-state index contributed by atoms with van der Waals surface area (Å²) in [5, 5.41) is 0. The van der Waals surface area contributed by atoms with Crippen LogP contribution in [-0.2, 0) is 14.3 Å². The van der Waals surface area contributed by atoms with E-state index in [0.717, 1.165) is 31.6 Å². The van der Waals surface area contributed by atoms with Crippen molar-refractivity contribution < 1.29 is 19.1 Å². The summed E-state index contributed by atoms with van der Waals surface area (Å²) >= 11 is 0. The number of allylic oxidation sites excluding steroid dienone is 3. The number of hydrogen-bond acceptors (Lipinski definition) is 5. The molecular weight excluding hydrogens is 296 g/mol. The van der Waals surface area contributed by atoms with Gasteiger partial charge in [0.05, 0.1) is 19.1 Å². The van der Waals surface area contributed by atoms with Crippen LogP contribution < -0.4 is 0 Å². The van der Waals surface area contributed by atoms with Crippen molar-refractivity contribution in [3.05, 3.63) is 36.3 Å². The molecule has 0 radical (unpaired) electrons. The van der Waals surface area contributed by atoms with Crippen LogP contribution in [0.4, 0.5) is 4.79 Å². The standard InChI is InChI=1S/C17H24N2O4/c1-3-22-16(20)14-7-11-18(12-8-14)15-6-5-10-19(13-9-15)17(21)23-4-2/h5-6,9-10,13-14H,3-4,7-8,11-12H2,1-2H3. The fraction of sp³-hybridized carbons (Fsp3) is 0.529. The Bertz CT molecular complexity index is 517. The fourth-order valence-corrected chi connectivity index (χ4v) is 2.66. The first-order valence-corrected chi connectivity index (χ1v) is 8.09. The van der Waals surface area contributed by atoms with E-state index < -0.39 is 6.09 Å². The highest BCUT2D eigenvalue weighted by Gasteiger charge is 2.26. The third kappa shape index (κ3) is 4.61. The molecule has 23 heavy (non-hydrogen) atoms. The molecule has 0 N–H and O–H groups in total. The molecule has 0 unspecified atom stereocenters. The molecule has 0 aliphatic carbocycles. The minimum Gasteiger partial charge on any atom is -0.466 e. The first-order valence-electron chi connectivity index (χ1n) is 8.09. The molecule has 0 spiro atoms. The van der Waals surface area contributed by atoms with Crippen LogP contribution in [0.1, 0.15) is 26.7 Å². The topological polar surface area (TPSA) is 59.1 Å². The van der Waals surface area contributed by atoms with Crippen LogP contribution in [0.25, 0.3) is 0 Å². The van der Waals surface area contributed by atoms with Gasteiger partial charge in [0.15, 0.2) is 0 Å². The van der Waals surface area contributed by atoms with Gasteiger partial charge >= 0.3 is 12.1 Å². The summed E-state index contributed by atoms with van der Waals surface area (Å²) in [4.78, 5) is 27.1. The third-order valence-electron chi connectivity index (χ3n) is 3.88. The number of hydrogen-bond donors (Lipinski definition) is 0. The first-order chi connectivity index (χ1) is 11.2. The second-order valence-electron chi connectivity index (χ2n) is 5.37. The minimum absolute atomic E-state index is 0.00636. The van der Waals surface area contributed by atoms with Crippen LogP contribution in [0.5, 0.6) is 0 Å². The molecule has 6 heteroatoms. The Morgan fingerprint density at radius 2 is 1.83 bits per heavy atom. The lowest BCUT2D eigenvalue weighted by Gasteiger charge is -2.33. The molecule has 6 nitrogen and oxygen atoms in total. The van der Waals surface area contributed by atoms with Crippen molar-refractivity contribution in [1.82, 2.24) is 9.80 Å². The maximum Gasteiger partial charge on any atom is 0.417 e. The number of amides is 1. The van der Waals surface area contributed by atoms with Crippen LogP contribution in [0.3, 0.4) is 0 Å². The van der Waals surface area contributed by atoms with E-state index in [2.05, 4.69) is 4.90 Å². The molecule has 126 valence electrons. The van der Waals surface area contributed by atoms with Gasteiger partial charge in [-0.1, -0.05) is 0 Å². The summed E-state index contributed by atoms with van der Waals surface area (Å²) in [5.41, 5.74) is 1.02. The van der Waals surface area contributed by atoms with Crippen molar-refractivity contribution >= 4 is 12.1 Å². The molecule has 0 aromatic carbocycles. The molecule has 0 atom stereocenters. The molecule has 1 fully saturated rings. The Morgan fingerprint density at radius 3 is 2.48 bits per heavy atom. The average molecular weight is 320 g/mol. The number of rotatable bonds is 4. The second-order valence-corrected chi connectivity index (χ2v) is 5.37. The maximum atomic E-state index is 11.8. The lowest BCUT2D eigenvalue weighted by molar-refractivity contribution is -0.149. The van der Waals surface area contributed by atoms with E-state index in [1.807, 2.05) is 25.2 Å². The molecule has 1 amide bonds. The Kier molecular flexibility index (Phi) is 6.26. The maximum absolute atomic E-state index is 11.8. The SMILES string of the molecule is CCOC(=O)C1CCN(C2=CC=CN(C(=O)OCC)C=C2)CC1. The van der Waals surface area contributed by atoms with Crippen molar-refractivity contribution in [2.75, 3.05) is 26.3 Å². The predicted molar refractivity (Wildman–Crippen MR) is 86.2 cm³/mol. The van der Waals surface area contributed by atoms with Crippen LogP contribution in [0.15, 0.2) is 36.3 Å². The monoisotopic (exact) mass is 320 g/mol. The van der Waals surface area contributed by atoms with Crippen LogP contribution >= 0.6 is 0 Å².